The van der Waals surface area contributed by atoms with Crippen molar-refractivity contribution in [3.05, 3.63) is 113 Å². The summed E-state index contributed by atoms with van der Waals surface area (Å²) in [6, 6.07) is 18.4. The highest BCUT2D eigenvalue weighted by Gasteiger charge is 2.27. The first-order valence-electron chi connectivity index (χ1n) is 12.2. The van der Waals surface area contributed by atoms with Crippen LogP contribution in [0.3, 0.4) is 0 Å². The number of nitrogens with two attached hydrogens (primary N) is 1. The van der Waals surface area contributed by atoms with Crippen LogP contribution < -0.4 is 16.0 Å². The molecule has 3 aromatic carbocycles. The van der Waals surface area contributed by atoms with E-state index in [9.17, 15) is 4.39 Å². The van der Waals surface area contributed by atoms with E-state index in [-0.39, 0.29) is 5.82 Å². The lowest BCUT2D eigenvalue weighted by Gasteiger charge is -2.28. The van der Waals surface area contributed by atoms with Gasteiger partial charge in [-0.25, -0.2) is 4.39 Å². The van der Waals surface area contributed by atoms with Crippen LogP contribution in [0.15, 0.2) is 85.6 Å². The predicted octanol–water partition coefficient (Wildman–Crippen LogP) is 7.75. The second-order valence-corrected chi connectivity index (χ2v) is 9.00. The summed E-state index contributed by atoms with van der Waals surface area (Å²) in [5.41, 5.74) is 13.6. The highest BCUT2D eigenvalue weighted by Crippen LogP contribution is 2.38. The standard InChI is InChI=1S/C28H26ClFN4.C2H6/c1-18(25-14-21(30)9-12-27(25)31)32-22-10-11-24(26(29)15-22)19(2)34-17-23-7-5-13-33(23)16-20-6-3-4-8-28(20)34;1-2/h3-4,6-12,14-15,32H,1-2,5,13,16-17,31H2;1-2H3. The van der Waals surface area contributed by atoms with Gasteiger partial charge in [0.1, 0.15) is 5.82 Å². The molecule has 186 valence electrons. The number of rotatable bonds is 5. The zero-order valence-corrected chi connectivity index (χ0v) is 21.6. The number of nitrogens with one attached hydrogen (secondary N) is 1. The number of hydrogen-bond acceptors (Lipinski definition) is 4. The first-order chi connectivity index (χ1) is 17.4. The third kappa shape index (κ3) is 5.12. The zero-order valence-electron chi connectivity index (χ0n) is 20.8. The number of benzene rings is 3. The SMILES string of the molecule is C=C(Nc1ccc(C(=C)N2CC3=CCCN3Cc3ccccc32)c(Cl)c1)c1cc(F)ccc1N.CC. The van der Waals surface area contributed by atoms with Crippen molar-refractivity contribution in [2.75, 3.05) is 29.0 Å². The van der Waals surface area contributed by atoms with Gasteiger partial charge in [0.05, 0.1) is 11.6 Å². The van der Waals surface area contributed by atoms with Crippen molar-refractivity contribution in [2.24, 2.45) is 0 Å². The number of para-hydroxylation sites is 1. The maximum absolute atomic E-state index is 13.7. The van der Waals surface area contributed by atoms with Gasteiger partial charge in [0.15, 0.2) is 0 Å². The lowest BCUT2D eigenvalue weighted by Crippen LogP contribution is -2.26. The molecule has 0 aliphatic carbocycles. The van der Waals surface area contributed by atoms with E-state index >= 15 is 0 Å². The van der Waals surface area contributed by atoms with Gasteiger partial charge in [-0.2, -0.15) is 0 Å². The van der Waals surface area contributed by atoms with Gasteiger partial charge in [-0.1, -0.05) is 62.9 Å². The van der Waals surface area contributed by atoms with E-state index in [1.165, 1.54) is 29.5 Å². The van der Waals surface area contributed by atoms with Crippen LogP contribution in [-0.4, -0.2) is 18.0 Å². The van der Waals surface area contributed by atoms with Crippen LogP contribution in [0.1, 0.15) is 37.0 Å². The summed E-state index contributed by atoms with van der Waals surface area (Å²) in [7, 11) is 0. The van der Waals surface area contributed by atoms with Gasteiger partial charge >= 0.3 is 0 Å². The van der Waals surface area contributed by atoms with Gasteiger partial charge in [0.25, 0.3) is 0 Å². The molecule has 6 heteroatoms. The van der Waals surface area contributed by atoms with Crippen LogP contribution >= 0.6 is 11.6 Å². The van der Waals surface area contributed by atoms with E-state index in [0.29, 0.717) is 22.0 Å². The molecule has 36 heavy (non-hydrogen) atoms. The lowest BCUT2D eigenvalue weighted by molar-refractivity contribution is 0.370. The summed E-state index contributed by atoms with van der Waals surface area (Å²) < 4.78 is 13.7. The molecule has 0 amide bonds. The van der Waals surface area contributed by atoms with Crippen molar-refractivity contribution in [3.8, 4) is 0 Å². The highest BCUT2D eigenvalue weighted by atomic mass is 35.5. The van der Waals surface area contributed by atoms with E-state index < -0.39 is 0 Å². The third-order valence-corrected chi connectivity index (χ3v) is 6.70. The van der Waals surface area contributed by atoms with Gasteiger partial charge in [-0.3, -0.25) is 0 Å². The largest absolute Gasteiger partial charge is 0.398 e. The minimum Gasteiger partial charge on any atom is -0.398 e. The van der Waals surface area contributed by atoms with E-state index in [1.807, 2.05) is 32.0 Å². The maximum Gasteiger partial charge on any atom is 0.124 e. The number of anilines is 3. The van der Waals surface area contributed by atoms with Crippen molar-refractivity contribution in [2.45, 2.75) is 26.8 Å². The van der Waals surface area contributed by atoms with Gasteiger partial charge in [0, 0.05) is 58.4 Å². The van der Waals surface area contributed by atoms with Crippen molar-refractivity contribution >= 4 is 40.1 Å². The topological polar surface area (TPSA) is 44.5 Å². The molecule has 3 N–H and O–H groups in total. The second kappa shape index (κ2) is 10.9. The van der Waals surface area contributed by atoms with Gasteiger partial charge in [-0.05, 0) is 54.4 Å². The Kier molecular flexibility index (Phi) is 7.70. The minimum absolute atomic E-state index is 0.370. The van der Waals surface area contributed by atoms with E-state index in [4.69, 9.17) is 17.3 Å². The molecule has 2 aliphatic rings. The molecule has 0 aromatic heterocycles. The van der Waals surface area contributed by atoms with Crippen LogP contribution in [0.2, 0.25) is 5.02 Å². The van der Waals surface area contributed by atoms with E-state index in [2.05, 4.69) is 58.6 Å². The Morgan fingerprint density at radius 2 is 1.78 bits per heavy atom. The maximum atomic E-state index is 13.7. The molecule has 4 nitrogen and oxygen atoms in total. The Morgan fingerprint density at radius 3 is 2.56 bits per heavy atom. The Morgan fingerprint density at radius 1 is 1.00 bits per heavy atom. The summed E-state index contributed by atoms with van der Waals surface area (Å²) in [5, 5.41) is 3.75. The van der Waals surface area contributed by atoms with Gasteiger partial charge < -0.3 is 20.9 Å². The first-order valence-corrected chi connectivity index (χ1v) is 12.6. The number of hydrogen-bond donors (Lipinski definition) is 2. The highest BCUT2D eigenvalue weighted by molar-refractivity contribution is 6.32. The van der Waals surface area contributed by atoms with Crippen molar-refractivity contribution in [1.82, 2.24) is 4.90 Å². The molecular weight excluding hydrogens is 471 g/mol. The van der Waals surface area contributed by atoms with Crippen LogP contribution in [0.5, 0.6) is 0 Å². The molecular formula is C30H32ClFN4. The smallest absolute Gasteiger partial charge is 0.124 e. The average molecular weight is 503 g/mol. The number of nitrogen functional groups attached to an aromatic ring is 1. The molecule has 0 unspecified atom stereocenters. The fourth-order valence-corrected chi connectivity index (χ4v) is 4.90. The lowest BCUT2D eigenvalue weighted by atomic mass is 10.1. The molecule has 3 aromatic rings. The number of halogens is 2. The molecule has 0 fully saturated rings. The molecule has 0 saturated carbocycles. The van der Waals surface area contributed by atoms with E-state index in [1.54, 1.807) is 0 Å². The Balaban J connectivity index is 0.00000148. The molecule has 0 radical (unpaired) electrons. The summed E-state index contributed by atoms with van der Waals surface area (Å²) in [6.07, 6.45) is 3.38. The molecule has 2 aliphatic heterocycles. The molecule has 5 rings (SSSR count). The van der Waals surface area contributed by atoms with Crippen molar-refractivity contribution < 1.29 is 4.39 Å². The molecule has 0 saturated heterocycles. The summed E-state index contributed by atoms with van der Waals surface area (Å²) in [4.78, 5) is 4.68. The average Bonchev–Trinajstić information content (AvgIpc) is 3.25. The number of nitrogens with zero attached hydrogens (tertiary/aromatic N) is 2. The monoisotopic (exact) mass is 502 g/mol. The van der Waals surface area contributed by atoms with Crippen LogP contribution in [0.25, 0.3) is 11.4 Å². The minimum atomic E-state index is -0.370. The summed E-state index contributed by atoms with van der Waals surface area (Å²) in [6.45, 7) is 15.1. The van der Waals surface area contributed by atoms with E-state index in [0.717, 1.165) is 48.7 Å². The predicted molar refractivity (Wildman–Crippen MR) is 152 cm³/mol. The van der Waals surface area contributed by atoms with Gasteiger partial charge in [0.2, 0.25) is 0 Å². The van der Waals surface area contributed by atoms with Crippen molar-refractivity contribution in [1.29, 1.82) is 0 Å². The van der Waals surface area contributed by atoms with Crippen LogP contribution in [0.4, 0.5) is 21.5 Å². The van der Waals surface area contributed by atoms with Gasteiger partial charge in [-0.15, -0.1) is 0 Å². The fraction of sp³-hybridized carbons (Fsp3) is 0.200. The Bertz CT molecular complexity index is 1330. The fourth-order valence-electron chi connectivity index (χ4n) is 4.61. The molecule has 0 spiro atoms. The van der Waals surface area contributed by atoms with Crippen LogP contribution in [-0.2, 0) is 6.54 Å². The number of fused-ring (bicyclic) bond motifs is 2. The summed E-state index contributed by atoms with van der Waals surface area (Å²) in [5.74, 6) is -0.370. The van der Waals surface area contributed by atoms with Crippen LogP contribution in [0, 0.1) is 5.82 Å². The van der Waals surface area contributed by atoms with Crippen molar-refractivity contribution in [3.63, 3.8) is 0 Å². The molecule has 0 atom stereocenters. The zero-order chi connectivity index (χ0) is 25.8. The first kappa shape index (κ1) is 25.4. The summed E-state index contributed by atoms with van der Waals surface area (Å²) >= 11 is 6.74. The molecule has 0 bridgehead atoms. The Labute approximate surface area is 218 Å². The Hall–Kier alpha value is -3.70. The molecule has 2 heterocycles. The second-order valence-electron chi connectivity index (χ2n) is 8.60. The quantitative estimate of drug-likeness (QED) is 0.350. The third-order valence-electron chi connectivity index (χ3n) is 6.39. The normalized spacial score (nSPS) is 14.1.